The smallest absolute Gasteiger partial charge is 0.348 e. The maximum atomic E-state index is 11.9. The Bertz CT molecular complexity index is 577. The number of hydrogen-bond acceptors (Lipinski definition) is 4. The number of benzene rings is 1. The Hall–Kier alpha value is -2.14. The summed E-state index contributed by atoms with van der Waals surface area (Å²) in [4.78, 5) is 24.1. The van der Waals surface area contributed by atoms with Gasteiger partial charge in [-0.1, -0.05) is 30.3 Å². The zero-order valence-electron chi connectivity index (χ0n) is 10.4. The molecule has 0 atom stereocenters. The molecule has 0 spiro atoms. The molecule has 0 aliphatic carbocycles. The standard InChI is InChI=1S/C14H13NO3S/c1-18-14(17)12-8-7-11(19-12)13(16)15-9-10-5-3-2-4-6-10/h2-8H,9H2,1H3,(H,15,16). The minimum absolute atomic E-state index is 0.191. The molecule has 0 bridgehead atoms. The van der Waals surface area contributed by atoms with E-state index in [0.717, 1.165) is 16.9 Å². The molecule has 0 radical (unpaired) electrons. The maximum Gasteiger partial charge on any atom is 0.348 e. The largest absolute Gasteiger partial charge is 0.465 e. The van der Waals surface area contributed by atoms with Gasteiger partial charge in [-0.2, -0.15) is 0 Å². The lowest BCUT2D eigenvalue weighted by Crippen LogP contribution is -2.21. The normalized spacial score (nSPS) is 9.95. The van der Waals surface area contributed by atoms with E-state index in [1.54, 1.807) is 12.1 Å². The van der Waals surface area contributed by atoms with E-state index in [4.69, 9.17) is 0 Å². The van der Waals surface area contributed by atoms with Crippen molar-refractivity contribution >= 4 is 23.2 Å². The number of ether oxygens (including phenoxy) is 1. The lowest BCUT2D eigenvalue weighted by atomic mass is 10.2. The molecular weight excluding hydrogens is 262 g/mol. The molecule has 5 heteroatoms. The van der Waals surface area contributed by atoms with Gasteiger partial charge < -0.3 is 10.1 Å². The molecule has 2 aromatic rings. The highest BCUT2D eigenvalue weighted by molar-refractivity contribution is 7.15. The van der Waals surface area contributed by atoms with Crippen LogP contribution in [0, 0.1) is 0 Å². The van der Waals surface area contributed by atoms with Crippen LogP contribution >= 0.6 is 11.3 Å². The highest BCUT2D eigenvalue weighted by Crippen LogP contribution is 2.17. The van der Waals surface area contributed by atoms with Gasteiger partial charge in [-0.25, -0.2) is 4.79 Å². The van der Waals surface area contributed by atoms with E-state index in [1.165, 1.54) is 7.11 Å². The summed E-state index contributed by atoms with van der Waals surface area (Å²) in [6, 6.07) is 12.9. The van der Waals surface area contributed by atoms with Crippen LogP contribution < -0.4 is 5.32 Å². The highest BCUT2D eigenvalue weighted by atomic mass is 32.1. The van der Waals surface area contributed by atoms with Crippen LogP contribution in [0.3, 0.4) is 0 Å². The number of rotatable bonds is 4. The van der Waals surface area contributed by atoms with Gasteiger partial charge in [-0.05, 0) is 17.7 Å². The van der Waals surface area contributed by atoms with Crippen LogP contribution in [-0.4, -0.2) is 19.0 Å². The molecule has 98 valence electrons. The summed E-state index contributed by atoms with van der Waals surface area (Å²) < 4.78 is 4.60. The van der Waals surface area contributed by atoms with E-state index in [-0.39, 0.29) is 5.91 Å². The summed E-state index contributed by atoms with van der Waals surface area (Å²) in [5, 5.41) is 2.80. The number of carbonyl (C=O) groups excluding carboxylic acids is 2. The van der Waals surface area contributed by atoms with Gasteiger partial charge in [0.1, 0.15) is 4.88 Å². The van der Waals surface area contributed by atoms with E-state index in [0.29, 0.717) is 16.3 Å². The Labute approximate surface area is 115 Å². The Kier molecular flexibility index (Phi) is 4.30. The molecule has 1 amide bonds. The van der Waals surface area contributed by atoms with Crippen LogP contribution in [-0.2, 0) is 11.3 Å². The fraction of sp³-hybridized carbons (Fsp3) is 0.143. The fourth-order valence-electron chi connectivity index (χ4n) is 1.54. The molecule has 0 saturated carbocycles. The third kappa shape index (κ3) is 3.42. The number of thiophene rings is 1. The molecule has 1 aromatic heterocycles. The Balaban J connectivity index is 1.97. The molecule has 1 heterocycles. The van der Waals surface area contributed by atoms with Gasteiger partial charge in [0.25, 0.3) is 5.91 Å². The minimum Gasteiger partial charge on any atom is -0.465 e. The van der Waals surface area contributed by atoms with Crippen LogP contribution in [0.5, 0.6) is 0 Å². The van der Waals surface area contributed by atoms with Gasteiger partial charge in [0.05, 0.1) is 12.0 Å². The van der Waals surface area contributed by atoms with Gasteiger partial charge in [0.15, 0.2) is 0 Å². The first kappa shape index (κ1) is 13.3. The lowest BCUT2D eigenvalue weighted by molar-refractivity contribution is 0.0606. The van der Waals surface area contributed by atoms with Gasteiger partial charge in [-0.3, -0.25) is 4.79 Å². The first-order valence-electron chi connectivity index (χ1n) is 5.71. The van der Waals surface area contributed by atoms with Crippen molar-refractivity contribution in [3.8, 4) is 0 Å². The molecule has 4 nitrogen and oxygen atoms in total. The van der Waals surface area contributed by atoms with Crippen molar-refractivity contribution in [3.63, 3.8) is 0 Å². The number of esters is 1. The summed E-state index contributed by atoms with van der Waals surface area (Å²) in [5.41, 5.74) is 1.03. The molecule has 0 unspecified atom stereocenters. The third-order valence-electron chi connectivity index (χ3n) is 2.51. The number of methoxy groups -OCH3 is 1. The van der Waals surface area contributed by atoms with Gasteiger partial charge in [0.2, 0.25) is 0 Å². The van der Waals surface area contributed by atoms with Crippen molar-refractivity contribution in [2.24, 2.45) is 0 Å². The van der Waals surface area contributed by atoms with Gasteiger partial charge in [-0.15, -0.1) is 11.3 Å². The van der Waals surface area contributed by atoms with Crippen LogP contribution in [0.15, 0.2) is 42.5 Å². The molecule has 0 fully saturated rings. The topological polar surface area (TPSA) is 55.4 Å². The summed E-state index contributed by atoms with van der Waals surface area (Å²) in [6.45, 7) is 0.463. The van der Waals surface area contributed by atoms with Crippen LogP contribution in [0.25, 0.3) is 0 Å². The summed E-state index contributed by atoms with van der Waals surface area (Å²) in [6.07, 6.45) is 0. The van der Waals surface area contributed by atoms with Crippen LogP contribution in [0.2, 0.25) is 0 Å². The van der Waals surface area contributed by atoms with Crippen molar-refractivity contribution in [1.29, 1.82) is 0 Å². The zero-order chi connectivity index (χ0) is 13.7. The second-order valence-electron chi connectivity index (χ2n) is 3.82. The molecule has 1 N–H and O–H groups in total. The Morgan fingerprint density at radius 1 is 1.11 bits per heavy atom. The van der Waals surface area contributed by atoms with Gasteiger partial charge in [0, 0.05) is 6.54 Å². The molecule has 19 heavy (non-hydrogen) atoms. The van der Waals surface area contributed by atoms with Crippen LogP contribution in [0.4, 0.5) is 0 Å². The van der Waals surface area contributed by atoms with Crippen molar-refractivity contribution in [1.82, 2.24) is 5.32 Å². The average molecular weight is 275 g/mol. The molecule has 0 saturated heterocycles. The summed E-state index contributed by atoms with van der Waals surface area (Å²) in [5.74, 6) is -0.615. The van der Waals surface area contributed by atoms with E-state index in [9.17, 15) is 9.59 Å². The fourth-order valence-corrected chi connectivity index (χ4v) is 2.38. The third-order valence-corrected chi connectivity index (χ3v) is 3.58. The number of nitrogens with one attached hydrogen (secondary N) is 1. The summed E-state index contributed by atoms with van der Waals surface area (Å²) in [7, 11) is 1.32. The molecule has 1 aromatic carbocycles. The number of hydrogen-bond donors (Lipinski definition) is 1. The number of amides is 1. The maximum absolute atomic E-state index is 11.9. The van der Waals surface area contributed by atoms with E-state index in [1.807, 2.05) is 30.3 Å². The van der Waals surface area contributed by atoms with Gasteiger partial charge >= 0.3 is 5.97 Å². The van der Waals surface area contributed by atoms with Crippen LogP contribution in [0.1, 0.15) is 24.9 Å². The van der Waals surface area contributed by atoms with E-state index < -0.39 is 5.97 Å². The molecular formula is C14H13NO3S. The molecule has 0 aliphatic rings. The first-order valence-corrected chi connectivity index (χ1v) is 6.52. The summed E-state index contributed by atoms with van der Waals surface area (Å²) >= 11 is 1.12. The molecule has 2 rings (SSSR count). The Morgan fingerprint density at radius 3 is 2.47 bits per heavy atom. The SMILES string of the molecule is COC(=O)c1ccc(C(=O)NCc2ccccc2)s1. The lowest BCUT2D eigenvalue weighted by Gasteiger charge is -2.03. The van der Waals surface area contributed by atoms with Crippen molar-refractivity contribution in [2.75, 3.05) is 7.11 Å². The monoisotopic (exact) mass is 275 g/mol. The first-order chi connectivity index (χ1) is 9.20. The average Bonchev–Trinajstić information content (AvgIpc) is 2.95. The predicted octanol–water partition coefficient (Wildman–Crippen LogP) is 2.46. The van der Waals surface area contributed by atoms with E-state index >= 15 is 0 Å². The number of carbonyl (C=O) groups is 2. The quantitative estimate of drug-likeness (QED) is 0.872. The van der Waals surface area contributed by atoms with Crippen molar-refractivity contribution in [2.45, 2.75) is 6.54 Å². The second-order valence-corrected chi connectivity index (χ2v) is 4.91. The van der Waals surface area contributed by atoms with E-state index in [2.05, 4.69) is 10.1 Å². The Morgan fingerprint density at radius 2 is 1.79 bits per heavy atom. The minimum atomic E-state index is -0.424. The molecule has 0 aliphatic heterocycles. The second kappa shape index (κ2) is 6.15. The van der Waals surface area contributed by atoms with Crippen molar-refractivity contribution in [3.05, 3.63) is 57.8 Å². The zero-order valence-corrected chi connectivity index (χ0v) is 11.2. The highest BCUT2D eigenvalue weighted by Gasteiger charge is 2.13. The van der Waals surface area contributed by atoms with Crippen molar-refractivity contribution < 1.29 is 14.3 Å². The predicted molar refractivity (Wildman–Crippen MR) is 73.3 cm³/mol.